The van der Waals surface area contributed by atoms with Gasteiger partial charge in [0.05, 0.1) is 11.8 Å². The zero-order chi connectivity index (χ0) is 21.6. The lowest BCUT2D eigenvalue weighted by Gasteiger charge is -2.31. The number of hydrogen-bond acceptors (Lipinski definition) is 6. The van der Waals surface area contributed by atoms with Crippen LogP contribution >= 0.6 is 11.3 Å². The quantitative estimate of drug-likeness (QED) is 0.751. The fourth-order valence-electron chi connectivity index (χ4n) is 5.80. The number of nitrogens with two attached hydrogens (primary N) is 1. The highest BCUT2D eigenvalue weighted by molar-refractivity contribution is 7.18. The molecular formula is C22H30F3N5S. The Morgan fingerprint density at radius 2 is 1.87 bits per heavy atom. The second-order valence-corrected chi connectivity index (χ2v) is 11.0. The summed E-state index contributed by atoms with van der Waals surface area (Å²) in [5.74, 6) is 1.57. The molecule has 0 amide bonds. The molecular weight excluding hydrogens is 423 g/mol. The van der Waals surface area contributed by atoms with Gasteiger partial charge < -0.3 is 15.5 Å². The van der Waals surface area contributed by atoms with Gasteiger partial charge in [-0.2, -0.15) is 13.2 Å². The second kappa shape index (κ2) is 8.15. The highest BCUT2D eigenvalue weighted by Crippen LogP contribution is 2.43. The first-order chi connectivity index (χ1) is 14.8. The maximum atomic E-state index is 12.8. The Hall–Kier alpha value is -1.45. The fourth-order valence-corrected chi connectivity index (χ4v) is 6.82. The number of thiophene rings is 1. The number of alkyl halides is 3. The summed E-state index contributed by atoms with van der Waals surface area (Å²) in [6.07, 6.45) is 3.47. The molecule has 170 valence electrons. The third kappa shape index (κ3) is 4.68. The maximum absolute atomic E-state index is 12.8. The van der Waals surface area contributed by atoms with Gasteiger partial charge in [-0.25, -0.2) is 9.97 Å². The Balaban J connectivity index is 1.26. The summed E-state index contributed by atoms with van der Waals surface area (Å²) in [7, 11) is 0. The molecule has 2 aliphatic heterocycles. The molecule has 3 aliphatic rings. The number of fused-ring (bicyclic) bond motifs is 1. The van der Waals surface area contributed by atoms with Crippen molar-refractivity contribution in [2.75, 3.05) is 37.6 Å². The average Bonchev–Trinajstić information content (AvgIpc) is 3.41. The predicted molar refractivity (Wildman–Crippen MR) is 117 cm³/mol. The SMILES string of the molecule is NC1CCC(CN2CCC3(CCN(c4ncnc5sc(CC(F)(F)F)cc45)C3)C2)CC1. The molecule has 0 aromatic carbocycles. The van der Waals surface area contributed by atoms with Crippen LogP contribution in [0, 0.1) is 11.3 Å². The van der Waals surface area contributed by atoms with E-state index in [0.717, 1.165) is 73.9 Å². The third-order valence-electron chi connectivity index (χ3n) is 7.40. The molecule has 1 spiro atoms. The molecule has 1 unspecified atom stereocenters. The van der Waals surface area contributed by atoms with Crippen LogP contribution < -0.4 is 10.6 Å². The van der Waals surface area contributed by atoms with Gasteiger partial charge in [0.2, 0.25) is 0 Å². The first-order valence-corrected chi connectivity index (χ1v) is 12.1. The number of hydrogen-bond donors (Lipinski definition) is 1. The molecule has 1 saturated carbocycles. The molecule has 1 aliphatic carbocycles. The van der Waals surface area contributed by atoms with Gasteiger partial charge in [-0.3, -0.25) is 0 Å². The summed E-state index contributed by atoms with van der Waals surface area (Å²) in [6.45, 7) is 5.27. The van der Waals surface area contributed by atoms with Gasteiger partial charge in [0.25, 0.3) is 0 Å². The van der Waals surface area contributed by atoms with Crippen LogP contribution in [0.3, 0.4) is 0 Å². The van der Waals surface area contributed by atoms with Crippen LogP contribution in [0.2, 0.25) is 0 Å². The molecule has 2 saturated heterocycles. The van der Waals surface area contributed by atoms with E-state index in [2.05, 4.69) is 19.8 Å². The molecule has 0 radical (unpaired) electrons. The average molecular weight is 454 g/mol. The van der Waals surface area contributed by atoms with Crippen LogP contribution in [-0.4, -0.2) is 59.8 Å². The predicted octanol–water partition coefficient (Wildman–Crippen LogP) is 4.22. The van der Waals surface area contributed by atoms with E-state index in [0.29, 0.717) is 15.7 Å². The first kappa shape index (κ1) is 21.4. The van der Waals surface area contributed by atoms with E-state index in [4.69, 9.17) is 5.73 Å². The minimum atomic E-state index is -4.21. The van der Waals surface area contributed by atoms with Crippen molar-refractivity contribution in [1.29, 1.82) is 0 Å². The van der Waals surface area contributed by atoms with Crippen LogP contribution in [0.4, 0.5) is 19.0 Å². The minimum absolute atomic E-state index is 0.271. The van der Waals surface area contributed by atoms with E-state index in [-0.39, 0.29) is 5.41 Å². The van der Waals surface area contributed by atoms with Crippen LogP contribution in [0.5, 0.6) is 0 Å². The Morgan fingerprint density at radius 1 is 1.10 bits per heavy atom. The highest BCUT2D eigenvalue weighted by Gasteiger charge is 2.44. The summed E-state index contributed by atoms with van der Waals surface area (Å²) in [5, 5.41) is 0.761. The van der Waals surface area contributed by atoms with Crippen molar-refractivity contribution in [1.82, 2.24) is 14.9 Å². The molecule has 4 heterocycles. The van der Waals surface area contributed by atoms with E-state index in [9.17, 15) is 13.2 Å². The van der Waals surface area contributed by atoms with Crippen molar-refractivity contribution >= 4 is 27.4 Å². The lowest BCUT2D eigenvalue weighted by Crippen LogP contribution is -2.35. The van der Waals surface area contributed by atoms with Gasteiger partial charge in [0, 0.05) is 42.5 Å². The lowest BCUT2D eigenvalue weighted by molar-refractivity contribution is -0.126. The molecule has 0 bridgehead atoms. The van der Waals surface area contributed by atoms with Crippen molar-refractivity contribution in [3.8, 4) is 0 Å². The Bertz CT molecular complexity index is 923. The molecule has 2 aromatic heterocycles. The number of likely N-dealkylation sites (tertiary alicyclic amines) is 1. The standard InChI is InChI=1S/C22H30F3N5S/c23-22(24,25)10-17-9-18-19(27-14-28-20(18)31-17)30-8-6-21(13-30)5-7-29(12-21)11-15-1-3-16(26)4-2-15/h9,14-16H,1-8,10-13,26H2. The summed E-state index contributed by atoms with van der Waals surface area (Å²) in [4.78, 5) is 14.6. The fraction of sp³-hybridized carbons (Fsp3) is 0.727. The van der Waals surface area contributed by atoms with Crippen LogP contribution in [-0.2, 0) is 6.42 Å². The summed E-state index contributed by atoms with van der Waals surface area (Å²) in [6, 6.07) is 2.03. The van der Waals surface area contributed by atoms with Gasteiger partial charge in [0.15, 0.2) is 0 Å². The van der Waals surface area contributed by atoms with E-state index in [1.807, 2.05) is 0 Å². The molecule has 3 fully saturated rings. The maximum Gasteiger partial charge on any atom is 0.393 e. The minimum Gasteiger partial charge on any atom is -0.355 e. The Kier molecular flexibility index (Phi) is 5.63. The number of halogens is 3. The number of aromatic nitrogens is 2. The van der Waals surface area contributed by atoms with E-state index < -0.39 is 12.6 Å². The highest BCUT2D eigenvalue weighted by atomic mass is 32.1. The number of nitrogens with zero attached hydrogens (tertiary/aromatic N) is 4. The Morgan fingerprint density at radius 3 is 2.65 bits per heavy atom. The number of rotatable bonds is 4. The van der Waals surface area contributed by atoms with Crippen molar-refractivity contribution < 1.29 is 13.2 Å². The topological polar surface area (TPSA) is 58.3 Å². The summed E-state index contributed by atoms with van der Waals surface area (Å²) >= 11 is 1.13. The van der Waals surface area contributed by atoms with Gasteiger partial charge in [-0.15, -0.1) is 11.3 Å². The molecule has 9 heteroatoms. The van der Waals surface area contributed by atoms with Crippen molar-refractivity contribution in [3.05, 3.63) is 17.3 Å². The third-order valence-corrected chi connectivity index (χ3v) is 8.44. The van der Waals surface area contributed by atoms with Crippen molar-refractivity contribution in [2.24, 2.45) is 17.1 Å². The summed E-state index contributed by atoms with van der Waals surface area (Å²) < 4.78 is 38.5. The number of anilines is 1. The molecule has 5 rings (SSSR count). The molecule has 1 atom stereocenters. The normalized spacial score (nSPS) is 30.1. The molecule has 2 aromatic rings. The smallest absolute Gasteiger partial charge is 0.355 e. The van der Waals surface area contributed by atoms with Gasteiger partial charge in [-0.1, -0.05) is 0 Å². The van der Waals surface area contributed by atoms with E-state index in [1.165, 1.54) is 32.1 Å². The van der Waals surface area contributed by atoms with Crippen molar-refractivity contribution in [2.45, 2.75) is 57.2 Å². The molecule has 31 heavy (non-hydrogen) atoms. The van der Waals surface area contributed by atoms with Crippen molar-refractivity contribution in [3.63, 3.8) is 0 Å². The van der Waals surface area contributed by atoms with Crippen LogP contribution in [0.1, 0.15) is 43.4 Å². The lowest BCUT2D eigenvalue weighted by atomic mass is 9.85. The van der Waals surface area contributed by atoms with Gasteiger partial charge >= 0.3 is 6.18 Å². The van der Waals surface area contributed by atoms with Crippen LogP contribution in [0.15, 0.2) is 12.4 Å². The zero-order valence-corrected chi connectivity index (χ0v) is 18.5. The molecule has 2 N–H and O–H groups in total. The second-order valence-electron chi connectivity index (χ2n) is 9.86. The monoisotopic (exact) mass is 453 g/mol. The first-order valence-electron chi connectivity index (χ1n) is 11.3. The molecule has 5 nitrogen and oxygen atoms in total. The largest absolute Gasteiger partial charge is 0.393 e. The Labute approximate surface area is 184 Å². The summed E-state index contributed by atoms with van der Waals surface area (Å²) in [5.41, 5.74) is 6.33. The van der Waals surface area contributed by atoms with Gasteiger partial charge in [-0.05, 0) is 57.1 Å². The van der Waals surface area contributed by atoms with Gasteiger partial charge in [0.1, 0.15) is 17.0 Å². The van der Waals surface area contributed by atoms with E-state index >= 15 is 0 Å². The zero-order valence-electron chi connectivity index (χ0n) is 17.7. The van der Waals surface area contributed by atoms with Crippen LogP contribution in [0.25, 0.3) is 10.2 Å². The van der Waals surface area contributed by atoms with E-state index in [1.54, 1.807) is 6.07 Å².